The maximum Gasteiger partial charge on any atom is 0.225 e. The maximum absolute atomic E-state index is 5.68. The Hall–Kier alpha value is -0.580. The number of hydrogen-bond acceptors (Lipinski definition) is 4. The molecule has 96 valence electrons. The fourth-order valence-corrected chi connectivity index (χ4v) is 2.71. The highest BCUT2D eigenvalue weighted by Gasteiger charge is 2.55. The number of anilines is 1. The zero-order valence-electron chi connectivity index (χ0n) is 9.74. The van der Waals surface area contributed by atoms with Crippen molar-refractivity contribution in [3.8, 4) is 0 Å². The Morgan fingerprint density at radius 2 is 1.76 bits per heavy atom. The van der Waals surface area contributed by atoms with E-state index in [9.17, 15) is 0 Å². The number of fused-ring (bicyclic) bond motifs is 1. The molecule has 0 bridgehead atoms. The number of nitrogens with zero attached hydrogens (tertiary/aromatic N) is 3. The van der Waals surface area contributed by atoms with E-state index < -0.39 is 0 Å². The molecule has 0 amide bonds. The lowest BCUT2D eigenvalue weighted by molar-refractivity contribution is 0.639. The summed E-state index contributed by atoms with van der Waals surface area (Å²) < 4.78 is 0. The molecule has 1 saturated carbocycles. The molecule has 2 fully saturated rings. The van der Waals surface area contributed by atoms with Crippen LogP contribution >= 0.6 is 24.8 Å². The Morgan fingerprint density at radius 1 is 1.24 bits per heavy atom. The van der Waals surface area contributed by atoms with Crippen molar-refractivity contribution in [1.29, 1.82) is 0 Å². The molecule has 1 saturated heterocycles. The largest absolute Gasteiger partial charge is 0.340 e. The minimum Gasteiger partial charge on any atom is -0.340 e. The SMILES string of the molecule is Cc1cnc(N2C[C@@H]3C(CN)[C@@H]3C2)nc1.Cl.Cl. The van der Waals surface area contributed by atoms with Crippen molar-refractivity contribution >= 4 is 30.8 Å². The van der Waals surface area contributed by atoms with Crippen LogP contribution in [0.2, 0.25) is 0 Å². The van der Waals surface area contributed by atoms with Crippen LogP contribution in [0.15, 0.2) is 12.4 Å². The van der Waals surface area contributed by atoms with Gasteiger partial charge in [-0.1, -0.05) is 0 Å². The highest BCUT2D eigenvalue weighted by atomic mass is 35.5. The molecule has 0 radical (unpaired) electrons. The summed E-state index contributed by atoms with van der Waals surface area (Å²) in [5.41, 5.74) is 6.79. The van der Waals surface area contributed by atoms with Crippen LogP contribution in [0.4, 0.5) is 5.95 Å². The molecule has 3 atom stereocenters. The molecule has 2 aliphatic rings. The van der Waals surface area contributed by atoms with Crippen LogP contribution in [0.5, 0.6) is 0 Å². The number of aromatic nitrogens is 2. The molecule has 17 heavy (non-hydrogen) atoms. The van der Waals surface area contributed by atoms with Gasteiger partial charge in [0.1, 0.15) is 0 Å². The van der Waals surface area contributed by atoms with Crippen LogP contribution in [0.3, 0.4) is 0 Å². The minimum absolute atomic E-state index is 0. The summed E-state index contributed by atoms with van der Waals surface area (Å²) >= 11 is 0. The third kappa shape index (κ3) is 2.49. The molecule has 2 N–H and O–H groups in total. The smallest absolute Gasteiger partial charge is 0.225 e. The van der Waals surface area contributed by atoms with Crippen molar-refractivity contribution in [2.45, 2.75) is 6.92 Å². The van der Waals surface area contributed by atoms with Crippen LogP contribution in [-0.4, -0.2) is 29.6 Å². The van der Waals surface area contributed by atoms with Gasteiger partial charge in [0.05, 0.1) is 0 Å². The first-order chi connectivity index (χ1) is 7.29. The van der Waals surface area contributed by atoms with E-state index in [2.05, 4.69) is 14.9 Å². The maximum atomic E-state index is 5.68. The standard InChI is InChI=1S/C11H16N4.2ClH/c1-7-3-13-11(14-4-7)15-5-9-8(2-12)10(9)6-15;;/h3-4,8-10H,2,5-6,12H2,1H3;2*1H/t8?,9-,10+;;. The third-order valence-electron chi connectivity index (χ3n) is 3.69. The molecule has 0 spiro atoms. The van der Waals surface area contributed by atoms with Crippen LogP contribution in [0.1, 0.15) is 5.56 Å². The Bertz CT molecular complexity index is 358. The van der Waals surface area contributed by atoms with Gasteiger partial charge >= 0.3 is 0 Å². The molecule has 2 heterocycles. The quantitative estimate of drug-likeness (QED) is 0.884. The number of rotatable bonds is 2. The lowest BCUT2D eigenvalue weighted by atomic mass is 10.3. The van der Waals surface area contributed by atoms with Crippen molar-refractivity contribution in [2.75, 3.05) is 24.5 Å². The van der Waals surface area contributed by atoms with Crippen molar-refractivity contribution in [3.05, 3.63) is 18.0 Å². The van der Waals surface area contributed by atoms with Crippen LogP contribution in [-0.2, 0) is 0 Å². The minimum atomic E-state index is 0. The van der Waals surface area contributed by atoms with Crippen molar-refractivity contribution in [1.82, 2.24) is 9.97 Å². The number of piperidine rings is 1. The molecule has 1 unspecified atom stereocenters. The lowest BCUT2D eigenvalue weighted by Gasteiger charge is -2.19. The van der Waals surface area contributed by atoms with E-state index in [4.69, 9.17) is 5.73 Å². The van der Waals surface area contributed by atoms with Gasteiger partial charge in [0.15, 0.2) is 0 Å². The summed E-state index contributed by atoms with van der Waals surface area (Å²) in [5.74, 6) is 3.26. The van der Waals surface area contributed by atoms with Gasteiger partial charge in [0.2, 0.25) is 5.95 Å². The zero-order chi connectivity index (χ0) is 10.4. The molecule has 1 aliphatic heterocycles. The van der Waals surface area contributed by atoms with E-state index >= 15 is 0 Å². The van der Waals surface area contributed by atoms with E-state index in [1.807, 2.05) is 19.3 Å². The van der Waals surface area contributed by atoms with E-state index in [0.29, 0.717) is 0 Å². The highest BCUT2D eigenvalue weighted by molar-refractivity contribution is 5.85. The van der Waals surface area contributed by atoms with E-state index in [0.717, 1.165) is 48.9 Å². The number of aryl methyl sites for hydroxylation is 1. The molecule has 1 aromatic rings. The Morgan fingerprint density at radius 3 is 2.24 bits per heavy atom. The van der Waals surface area contributed by atoms with Gasteiger partial charge in [-0.05, 0) is 36.8 Å². The first-order valence-electron chi connectivity index (χ1n) is 5.53. The number of nitrogens with two attached hydrogens (primary N) is 1. The van der Waals surface area contributed by atoms with Gasteiger partial charge in [-0.2, -0.15) is 0 Å². The monoisotopic (exact) mass is 276 g/mol. The predicted molar refractivity (Wildman–Crippen MR) is 73.0 cm³/mol. The van der Waals surface area contributed by atoms with Crippen molar-refractivity contribution < 1.29 is 0 Å². The molecule has 1 aliphatic carbocycles. The first kappa shape index (κ1) is 14.5. The van der Waals surface area contributed by atoms with E-state index in [-0.39, 0.29) is 24.8 Å². The second kappa shape index (κ2) is 5.38. The number of halogens is 2. The summed E-state index contributed by atoms with van der Waals surface area (Å²) in [6.45, 7) is 5.04. The number of hydrogen-bond donors (Lipinski definition) is 1. The van der Waals surface area contributed by atoms with Gasteiger partial charge in [0.25, 0.3) is 0 Å². The average molecular weight is 277 g/mol. The van der Waals surface area contributed by atoms with Crippen LogP contribution < -0.4 is 10.6 Å². The molecule has 3 rings (SSSR count). The predicted octanol–water partition coefficient (Wildman–Crippen LogP) is 1.27. The van der Waals surface area contributed by atoms with E-state index in [1.54, 1.807) is 0 Å². The van der Waals surface area contributed by atoms with Gasteiger partial charge in [-0.25, -0.2) is 9.97 Å². The summed E-state index contributed by atoms with van der Waals surface area (Å²) in [6, 6.07) is 0. The lowest BCUT2D eigenvalue weighted by Crippen LogP contribution is -2.27. The van der Waals surface area contributed by atoms with E-state index in [1.165, 1.54) is 0 Å². The first-order valence-corrected chi connectivity index (χ1v) is 5.53. The van der Waals surface area contributed by atoms with Crippen LogP contribution in [0, 0.1) is 24.7 Å². The van der Waals surface area contributed by atoms with Crippen molar-refractivity contribution in [2.24, 2.45) is 23.5 Å². The second-order valence-electron chi connectivity index (χ2n) is 4.69. The van der Waals surface area contributed by atoms with Gasteiger partial charge in [-0.3, -0.25) is 0 Å². The second-order valence-corrected chi connectivity index (χ2v) is 4.69. The summed E-state index contributed by atoms with van der Waals surface area (Å²) in [7, 11) is 0. The molecular weight excluding hydrogens is 259 g/mol. The Kier molecular flexibility index (Phi) is 4.58. The molecule has 1 aromatic heterocycles. The molecule has 0 aromatic carbocycles. The normalized spacial score (nSPS) is 29.1. The Balaban J connectivity index is 0.000000722. The van der Waals surface area contributed by atoms with Gasteiger partial charge in [0, 0.05) is 25.5 Å². The highest BCUT2D eigenvalue weighted by Crippen LogP contribution is 2.51. The molecule has 4 nitrogen and oxygen atoms in total. The average Bonchev–Trinajstić information content (AvgIpc) is 2.72. The van der Waals surface area contributed by atoms with Gasteiger partial charge < -0.3 is 10.6 Å². The fraction of sp³-hybridized carbons (Fsp3) is 0.636. The summed E-state index contributed by atoms with van der Waals surface area (Å²) in [6.07, 6.45) is 3.76. The summed E-state index contributed by atoms with van der Waals surface area (Å²) in [5, 5.41) is 0. The van der Waals surface area contributed by atoms with Gasteiger partial charge in [-0.15, -0.1) is 24.8 Å². The topological polar surface area (TPSA) is 55.0 Å². The molecular formula is C11H18Cl2N4. The van der Waals surface area contributed by atoms with Crippen LogP contribution in [0.25, 0.3) is 0 Å². The Labute approximate surface area is 114 Å². The third-order valence-corrected chi connectivity index (χ3v) is 3.69. The zero-order valence-corrected chi connectivity index (χ0v) is 11.4. The summed E-state index contributed by atoms with van der Waals surface area (Å²) in [4.78, 5) is 11.0. The molecule has 6 heteroatoms. The fourth-order valence-electron chi connectivity index (χ4n) is 2.71. The van der Waals surface area contributed by atoms with Crippen molar-refractivity contribution in [3.63, 3.8) is 0 Å².